The summed E-state index contributed by atoms with van der Waals surface area (Å²) in [6, 6.07) is 9.14. The molecule has 0 spiro atoms. The van der Waals surface area contributed by atoms with Gasteiger partial charge in [0.05, 0.1) is 6.04 Å². The number of benzene rings is 1. The summed E-state index contributed by atoms with van der Waals surface area (Å²) in [5.74, 6) is 0. The van der Waals surface area contributed by atoms with Crippen LogP contribution in [0.2, 0.25) is 0 Å². The van der Waals surface area contributed by atoms with Gasteiger partial charge in [0.1, 0.15) is 0 Å². The molecule has 4 heteroatoms. The molecule has 2 aromatic rings. The predicted octanol–water partition coefficient (Wildman–Crippen LogP) is 2.81. The van der Waals surface area contributed by atoms with Crippen LogP contribution >= 0.6 is 0 Å². The molecule has 2 heterocycles. The summed E-state index contributed by atoms with van der Waals surface area (Å²) in [4.78, 5) is 16.9. The number of nitrogens with one attached hydrogen (secondary N) is 2. The Hall–Kier alpha value is -1.81. The molecule has 0 amide bonds. The number of aromatic amines is 1. The van der Waals surface area contributed by atoms with E-state index in [9.17, 15) is 4.79 Å². The van der Waals surface area contributed by atoms with E-state index in [1.165, 1.54) is 12.8 Å². The summed E-state index contributed by atoms with van der Waals surface area (Å²) in [6.45, 7) is 6.74. The molecule has 0 atom stereocenters. The largest absolute Gasteiger partial charge is 0.380 e. The van der Waals surface area contributed by atoms with Crippen LogP contribution in [0.1, 0.15) is 26.7 Å². The summed E-state index contributed by atoms with van der Waals surface area (Å²) < 4.78 is 0. The molecule has 0 radical (unpaired) electrons. The van der Waals surface area contributed by atoms with Crippen molar-refractivity contribution in [3.05, 3.63) is 40.8 Å². The van der Waals surface area contributed by atoms with E-state index in [4.69, 9.17) is 0 Å². The third kappa shape index (κ3) is 2.81. The fourth-order valence-corrected chi connectivity index (χ4v) is 3.22. The van der Waals surface area contributed by atoms with E-state index in [0.717, 1.165) is 35.6 Å². The predicted molar refractivity (Wildman–Crippen MR) is 87.9 cm³/mol. The van der Waals surface area contributed by atoms with E-state index in [1.807, 2.05) is 18.2 Å². The van der Waals surface area contributed by atoms with E-state index in [1.54, 1.807) is 6.20 Å². The van der Waals surface area contributed by atoms with Crippen molar-refractivity contribution < 1.29 is 0 Å². The lowest BCUT2D eigenvalue weighted by molar-refractivity contribution is 0.0971. The van der Waals surface area contributed by atoms with Crippen molar-refractivity contribution in [2.24, 2.45) is 0 Å². The highest BCUT2D eigenvalue weighted by molar-refractivity contribution is 5.84. The van der Waals surface area contributed by atoms with Gasteiger partial charge in [0, 0.05) is 36.4 Å². The Morgan fingerprint density at radius 1 is 1.29 bits per heavy atom. The summed E-state index contributed by atoms with van der Waals surface area (Å²) in [6.07, 6.45) is 4.15. The van der Waals surface area contributed by atoms with Gasteiger partial charge in [-0.05, 0) is 42.5 Å². The number of aromatic nitrogens is 1. The molecule has 1 fully saturated rings. The quantitative estimate of drug-likeness (QED) is 0.888. The Bertz CT molecular complexity index is 669. The normalized spacial score (nSPS) is 16.3. The molecule has 1 aliphatic heterocycles. The monoisotopic (exact) mass is 285 g/mol. The van der Waals surface area contributed by atoms with Crippen LogP contribution < -0.4 is 10.9 Å². The number of hydrogen-bond acceptors (Lipinski definition) is 3. The Morgan fingerprint density at radius 2 is 2.05 bits per heavy atom. The molecule has 0 bridgehead atoms. The van der Waals surface area contributed by atoms with Crippen LogP contribution in [-0.2, 0) is 0 Å². The number of anilines is 1. The molecule has 4 nitrogen and oxygen atoms in total. The molecular formula is C17H23N3O. The van der Waals surface area contributed by atoms with Crippen molar-refractivity contribution in [2.75, 3.05) is 18.4 Å². The maximum absolute atomic E-state index is 11.7. The van der Waals surface area contributed by atoms with Crippen molar-refractivity contribution in [1.82, 2.24) is 9.88 Å². The molecule has 1 aromatic heterocycles. The summed E-state index contributed by atoms with van der Waals surface area (Å²) in [5, 5.41) is 5.30. The lowest BCUT2D eigenvalue weighted by Gasteiger charge is -2.44. The van der Waals surface area contributed by atoms with Crippen LogP contribution in [0.4, 0.5) is 5.69 Å². The highest BCUT2D eigenvalue weighted by Crippen LogP contribution is 2.22. The summed E-state index contributed by atoms with van der Waals surface area (Å²) in [7, 11) is 0. The van der Waals surface area contributed by atoms with Gasteiger partial charge in [-0.25, -0.2) is 0 Å². The number of rotatable bonds is 5. The zero-order valence-corrected chi connectivity index (χ0v) is 12.7. The minimum atomic E-state index is -0.0254. The number of nitrogens with zero attached hydrogens (tertiary/aromatic N) is 1. The maximum Gasteiger partial charge on any atom is 0.255 e. The van der Waals surface area contributed by atoms with Gasteiger partial charge in [-0.2, -0.15) is 0 Å². The minimum absolute atomic E-state index is 0.0254. The van der Waals surface area contributed by atoms with Gasteiger partial charge >= 0.3 is 0 Å². The first-order valence-corrected chi connectivity index (χ1v) is 7.83. The number of hydrogen-bond donors (Lipinski definition) is 2. The first-order chi connectivity index (χ1) is 10.2. The van der Waals surface area contributed by atoms with Crippen molar-refractivity contribution >= 4 is 16.5 Å². The van der Waals surface area contributed by atoms with Crippen molar-refractivity contribution in [3.8, 4) is 0 Å². The Morgan fingerprint density at radius 3 is 2.76 bits per heavy atom. The SMILES string of the molecule is CCC(CC)N1CC(Nc2ccc3c(=O)[nH]ccc3c2)C1. The number of likely N-dealkylation sites (tertiary alicyclic amines) is 1. The second-order valence-corrected chi connectivity index (χ2v) is 5.87. The standard InChI is InChI=1S/C17H23N3O/c1-3-15(4-2)20-10-14(11-20)19-13-5-6-16-12(9-13)7-8-18-17(16)21/h5-9,14-15,19H,3-4,10-11H2,1-2H3,(H,18,21). The van der Waals surface area contributed by atoms with E-state index in [-0.39, 0.29) is 5.56 Å². The first-order valence-electron chi connectivity index (χ1n) is 7.83. The van der Waals surface area contributed by atoms with Gasteiger partial charge in [0.2, 0.25) is 0 Å². The van der Waals surface area contributed by atoms with Gasteiger partial charge in [-0.15, -0.1) is 0 Å². The Kier molecular flexibility index (Phi) is 3.97. The fourth-order valence-electron chi connectivity index (χ4n) is 3.22. The van der Waals surface area contributed by atoms with Crippen molar-refractivity contribution in [3.63, 3.8) is 0 Å². The zero-order valence-electron chi connectivity index (χ0n) is 12.7. The minimum Gasteiger partial charge on any atom is -0.380 e. The summed E-state index contributed by atoms with van der Waals surface area (Å²) in [5.41, 5.74) is 1.07. The molecular weight excluding hydrogens is 262 g/mol. The molecule has 112 valence electrons. The van der Waals surface area contributed by atoms with E-state index < -0.39 is 0 Å². The average Bonchev–Trinajstić information content (AvgIpc) is 2.46. The highest BCUT2D eigenvalue weighted by atomic mass is 16.1. The Balaban J connectivity index is 1.66. The number of H-pyrrole nitrogens is 1. The maximum atomic E-state index is 11.7. The lowest BCUT2D eigenvalue weighted by Crippen LogP contribution is -2.58. The van der Waals surface area contributed by atoms with Crippen LogP contribution in [0, 0.1) is 0 Å². The summed E-state index contributed by atoms with van der Waals surface area (Å²) >= 11 is 0. The smallest absolute Gasteiger partial charge is 0.255 e. The van der Waals surface area contributed by atoms with Crippen molar-refractivity contribution in [2.45, 2.75) is 38.8 Å². The highest BCUT2D eigenvalue weighted by Gasteiger charge is 2.30. The van der Waals surface area contributed by atoms with Crippen LogP contribution in [0.25, 0.3) is 10.8 Å². The topological polar surface area (TPSA) is 48.1 Å². The van der Waals surface area contributed by atoms with E-state index in [0.29, 0.717) is 6.04 Å². The molecule has 1 aromatic carbocycles. The average molecular weight is 285 g/mol. The third-order valence-electron chi connectivity index (χ3n) is 4.51. The Labute approximate surface area is 125 Å². The van der Waals surface area contributed by atoms with Crippen LogP contribution in [0.5, 0.6) is 0 Å². The van der Waals surface area contributed by atoms with Crippen molar-refractivity contribution in [1.29, 1.82) is 0 Å². The molecule has 3 rings (SSSR count). The molecule has 0 unspecified atom stereocenters. The number of pyridine rings is 1. The zero-order chi connectivity index (χ0) is 14.8. The number of fused-ring (bicyclic) bond motifs is 1. The van der Waals surface area contributed by atoms with Crippen LogP contribution in [0.15, 0.2) is 35.3 Å². The second-order valence-electron chi connectivity index (χ2n) is 5.87. The molecule has 1 aliphatic rings. The fraction of sp³-hybridized carbons (Fsp3) is 0.471. The van der Waals surface area contributed by atoms with Gasteiger partial charge in [-0.3, -0.25) is 9.69 Å². The molecule has 1 saturated heterocycles. The van der Waals surface area contributed by atoms with Crippen LogP contribution in [0.3, 0.4) is 0 Å². The second kappa shape index (κ2) is 5.90. The van der Waals surface area contributed by atoms with Crippen LogP contribution in [-0.4, -0.2) is 35.1 Å². The van der Waals surface area contributed by atoms with Gasteiger partial charge < -0.3 is 10.3 Å². The van der Waals surface area contributed by atoms with Gasteiger partial charge in [-0.1, -0.05) is 13.8 Å². The third-order valence-corrected chi connectivity index (χ3v) is 4.51. The first kappa shape index (κ1) is 14.1. The van der Waals surface area contributed by atoms with Gasteiger partial charge in [0.25, 0.3) is 5.56 Å². The molecule has 21 heavy (non-hydrogen) atoms. The molecule has 0 aliphatic carbocycles. The molecule has 0 saturated carbocycles. The molecule has 2 N–H and O–H groups in total. The lowest BCUT2D eigenvalue weighted by atomic mass is 10.0. The van der Waals surface area contributed by atoms with Gasteiger partial charge in [0.15, 0.2) is 0 Å². The van der Waals surface area contributed by atoms with E-state index in [2.05, 4.69) is 35.1 Å². The van der Waals surface area contributed by atoms with E-state index >= 15 is 0 Å².